The Labute approximate surface area is 258 Å². The SMILES string of the molecule is O=C(O)c1ccc(Oc2ccc(C(F)(c3ccc(Oc4ccc(C(=O)O)c(C(=O)O)c4)cc3)C(F)(F)C(F)(F)F)cc2)cc1C(=O)O. The fourth-order valence-electron chi connectivity index (χ4n) is 4.40. The first-order valence-electron chi connectivity index (χ1n) is 12.8. The quantitative estimate of drug-likeness (QED) is 0.118. The van der Waals surface area contributed by atoms with E-state index >= 15 is 4.39 Å². The first-order valence-corrected chi connectivity index (χ1v) is 12.8. The van der Waals surface area contributed by atoms with Crippen LogP contribution in [0.1, 0.15) is 52.6 Å². The lowest BCUT2D eigenvalue weighted by molar-refractivity contribution is -0.323. The Kier molecular flexibility index (Phi) is 8.91. The average molecular weight is 664 g/mol. The van der Waals surface area contributed by atoms with Crippen molar-refractivity contribution in [1.29, 1.82) is 0 Å². The summed E-state index contributed by atoms with van der Waals surface area (Å²) in [4.78, 5) is 45.3. The Hall–Kier alpha value is -6.06. The molecular weight excluding hydrogens is 646 g/mol. The number of aromatic carboxylic acids is 4. The van der Waals surface area contributed by atoms with Crippen LogP contribution in [0, 0.1) is 0 Å². The van der Waals surface area contributed by atoms with E-state index in [0.29, 0.717) is 24.3 Å². The summed E-state index contributed by atoms with van der Waals surface area (Å²) in [5.74, 6) is -13.3. The first-order chi connectivity index (χ1) is 21.9. The Bertz CT molecular complexity index is 1750. The molecule has 0 radical (unpaired) electrons. The van der Waals surface area contributed by atoms with Crippen LogP contribution in [0.5, 0.6) is 23.0 Å². The maximum Gasteiger partial charge on any atom is 0.457 e. The molecule has 4 aromatic rings. The van der Waals surface area contributed by atoms with Crippen LogP contribution in [-0.4, -0.2) is 56.4 Å². The van der Waals surface area contributed by atoms with E-state index in [2.05, 4.69) is 0 Å². The smallest absolute Gasteiger partial charge is 0.457 e. The van der Waals surface area contributed by atoms with Crippen LogP contribution < -0.4 is 9.47 Å². The van der Waals surface area contributed by atoms with Crippen molar-refractivity contribution in [2.24, 2.45) is 0 Å². The normalized spacial score (nSPS) is 11.9. The van der Waals surface area contributed by atoms with Gasteiger partial charge in [0.25, 0.3) is 0 Å². The molecule has 10 nitrogen and oxygen atoms in total. The summed E-state index contributed by atoms with van der Waals surface area (Å²) in [5.41, 5.74) is -9.32. The molecule has 47 heavy (non-hydrogen) atoms. The number of alkyl halides is 6. The van der Waals surface area contributed by atoms with Gasteiger partial charge in [-0.2, -0.15) is 22.0 Å². The molecule has 0 aromatic heterocycles. The molecular formula is C31H18F6O10. The summed E-state index contributed by atoms with van der Waals surface area (Å²) in [6.07, 6.45) is -6.38. The van der Waals surface area contributed by atoms with Crippen molar-refractivity contribution in [3.63, 3.8) is 0 Å². The molecule has 4 rings (SSSR count). The molecule has 4 N–H and O–H groups in total. The monoisotopic (exact) mass is 664 g/mol. The predicted molar refractivity (Wildman–Crippen MR) is 147 cm³/mol. The van der Waals surface area contributed by atoms with Gasteiger partial charge in [0, 0.05) is 11.1 Å². The van der Waals surface area contributed by atoms with Crippen LogP contribution in [0.25, 0.3) is 0 Å². The Morgan fingerprint density at radius 1 is 0.447 bits per heavy atom. The lowest BCUT2D eigenvalue weighted by Crippen LogP contribution is -2.53. The zero-order valence-electron chi connectivity index (χ0n) is 23.1. The van der Waals surface area contributed by atoms with E-state index in [4.69, 9.17) is 19.7 Å². The fraction of sp³-hybridized carbons (Fsp3) is 0.0968. The molecule has 0 bridgehead atoms. The van der Waals surface area contributed by atoms with Crippen molar-refractivity contribution < 1.29 is 75.4 Å². The number of carboxylic acids is 4. The minimum absolute atomic E-state index is 0.240. The van der Waals surface area contributed by atoms with Crippen molar-refractivity contribution in [3.8, 4) is 23.0 Å². The van der Waals surface area contributed by atoms with E-state index < -0.39 is 75.0 Å². The Morgan fingerprint density at radius 2 is 0.745 bits per heavy atom. The number of carbonyl (C=O) groups is 4. The maximum atomic E-state index is 16.4. The van der Waals surface area contributed by atoms with Gasteiger partial charge in [0.1, 0.15) is 23.0 Å². The molecule has 0 aliphatic rings. The minimum atomic E-state index is -6.38. The zero-order chi connectivity index (χ0) is 34.9. The average Bonchev–Trinajstić information content (AvgIpc) is 3.00. The molecule has 4 aromatic carbocycles. The molecule has 244 valence electrons. The van der Waals surface area contributed by atoms with E-state index in [1.165, 1.54) is 0 Å². The van der Waals surface area contributed by atoms with E-state index in [-0.39, 0.29) is 23.0 Å². The Morgan fingerprint density at radius 3 is 1.02 bits per heavy atom. The third-order valence-corrected chi connectivity index (χ3v) is 6.67. The molecule has 0 saturated carbocycles. The van der Waals surface area contributed by atoms with Gasteiger partial charge in [0.05, 0.1) is 22.3 Å². The van der Waals surface area contributed by atoms with Gasteiger partial charge in [-0.05, 0) is 60.7 Å². The molecule has 16 heteroatoms. The summed E-state index contributed by atoms with van der Waals surface area (Å²) in [7, 11) is 0. The van der Waals surface area contributed by atoms with Gasteiger partial charge in [-0.1, -0.05) is 24.3 Å². The number of carboxylic acid groups (broad SMARTS) is 4. The van der Waals surface area contributed by atoms with Gasteiger partial charge in [-0.15, -0.1) is 0 Å². The molecule has 0 amide bonds. The minimum Gasteiger partial charge on any atom is -0.478 e. The Balaban J connectivity index is 1.68. The van der Waals surface area contributed by atoms with Crippen molar-refractivity contribution in [1.82, 2.24) is 0 Å². The second-order valence-electron chi connectivity index (χ2n) is 9.62. The molecule has 0 saturated heterocycles. The van der Waals surface area contributed by atoms with E-state index in [1.54, 1.807) is 0 Å². The van der Waals surface area contributed by atoms with Crippen molar-refractivity contribution in [2.45, 2.75) is 17.8 Å². The van der Waals surface area contributed by atoms with Crippen LogP contribution in [0.4, 0.5) is 26.3 Å². The van der Waals surface area contributed by atoms with Gasteiger partial charge in [-0.3, -0.25) is 0 Å². The highest BCUT2D eigenvalue weighted by Crippen LogP contribution is 2.54. The summed E-state index contributed by atoms with van der Waals surface area (Å²) in [5, 5.41) is 36.8. The molecule has 0 fully saturated rings. The van der Waals surface area contributed by atoms with Crippen molar-refractivity contribution in [3.05, 3.63) is 118 Å². The van der Waals surface area contributed by atoms with Crippen LogP contribution in [0.15, 0.2) is 84.9 Å². The molecule has 0 heterocycles. The highest BCUT2D eigenvalue weighted by atomic mass is 19.4. The summed E-state index contributed by atoms with van der Waals surface area (Å²) in [6, 6.07) is 11.3. The van der Waals surface area contributed by atoms with Crippen LogP contribution in [0.2, 0.25) is 0 Å². The van der Waals surface area contributed by atoms with Gasteiger partial charge >= 0.3 is 36.0 Å². The number of halogens is 6. The zero-order valence-corrected chi connectivity index (χ0v) is 23.1. The van der Waals surface area contributed by atoms with Gasteiger partial charge in [0.2, 0.25) is 5.67 Å². The van der Waals surface area contributed by atoms with Crippen LogP contribution in [0.3, 0.4) is 0 Å². The molecule has 0 unspecified atom stereocenters. The van der Waals surface area contributed by atoms with Gasteiger partial charge in [0.15, 0.2) is 0 Å². The summed E-state index contributed by atoms with van der Waals surface area (Å²) in [6.45, 7) is 0. The second-order valence-corrected chi connectivity index (χ2v) is 9.62. The second kappa shape index (κ2) is 12.4. The van der Waals surface area contributed by atoms with Crippen LogP contribution >= 0.6 is 0 Å². The predicted octanol–water partition coefficient (Wildman–Crippen LogP) is 7.47. The summed E-state index contributed by atoms with van der Waals surface area (Å²) < 4.78 is 97.8. The fourth-order valence-corrected chi connectivity index (χ4v) is 4.40. The van der Waals surface area contributed by atoms with Crippen molar-refractivity contribution >= 4 is 23.9 Å². The lowest BCUT2D eigenvalue weighted by atomic mass is 9.82. The van der Waals surface area contributed by atoms with E-state index in [0.717, 1.165) is 60.7 Å². The third kappa shape index (κ3) is 6.51. The van der Waals surface area contributed by atoms with Gasteiger partial charge < -0.3 is 29.9 Å². The van der Waals surface area contributed by atoms with Gasteiger partial charge in [-0.25, -0.2) is 23.6 Å². The standard InChI is InChI=1S/C31H18F6O10/c32-29(30(33,34)31(35,36)37,15-1-5-17(6-2-15)46-19-9-11-21(25(38)39)23(13-19)27(42)43)16-3-7-18(8-4-16)47-20-10-12-22(26(40)41)24(14-20)28(44)45/h1-14H,(H,38,39)(H,40,41)(H,42,43)(H,44,45). The number of ether oxygens (including phenoxy) is 2. The lowest BCUT2D eigenvalue weighted by Gasteiger charge is -2.35. The van der Waals surface area contributed by atoms with Crippen molar-refractivity contribution in [2.75, 3.05) is 0 Å². The summed E-state index contributed by atoms with van der Waals surface area (Å²) >= 11 is 0. The number of benzene rings is 4. The number of rotatable bonds is 11. The molecule has 0 atom stereocenters. The van der Waals surface area contributed by atoms with Crippen LogP contribution in [-0.2, 0) is 5.67 Å². The first kappa shape index (κ1) is 33.8. The topological polar surface area (TPSA) is 168 Å². The maximum absolute atomic E-state index is 16.4. The van der Waals surface area contributed by atoms with E-state index in [1.807, 2.05) is 0 Å². The molecule has 0 aliphatic carbocycles. The van der Waals surface area contributed by atoms with E-state index in [9.17, 15) is 51.3 Å². The number of hydrogen-bond acceptors (Lipinski definition) is 6. The molecule has 0 spiro atoms. The largest absolute Gasteiger partial charge is 0.478 e. The highest BCUT2D eigenvalue weighted by Gasteiger charge is 2.72. The highest BCUT2D eigenvalue weighted by molar-refractivity contribution is 6.02. The molecule has 0 aliphatic heterocycles. The number of hydrogen-bond donors (Lipinski definition) is 4. The third-order valence-electron chi connectivity index (χ3n) is 6.67.